The SMILES string of the molecule is Cc1cc(C(CN)N2CCC3(CCCCC3)CC2)c(C)s1. The number of piperidine rings is 1. The third-order valence-corrected chi connectivity index (χ3v) is 6.86. The highest BCUT2D eigenvalue weighted by Crippen LogP contribution is 2.45. The van der Waals surface area contributed by atoms with Crippen LogP contribution in [-0.2, 0) is 0 Å². The van der Waals surface area contributed by atoms with Crippen molar-refractivity contribution in [2.24, 2.45) is 11.1 Å². The molecule has 1 aromatic rings. The van der Waals surface area contributed by atoms with Gasteiger partial charge in [0.1, 0.15) is 0 Å². The lowest BCUT2D eigenvalue weighted by atomic mass is 9.68. The van der Waals surface area contributed by atoms with E-state index in [1.165, 1.54) is 73.4 Å². The van der Waals surface area contributed by atoms with Crippen molar-refractivity contribution in [3.8, 4) is 0 Å². The first kappa shape index (κ1) is 15.5. The molecule has 1 spiro atoms. The highest BCUT2D eigenvalue weighted by atomic mass is 32.1. The summed E-state index contributed by atoms with van der Waals surface area (Å²) in [5, 5.41) is 0. The Morgan fingerprint density at radius 1 is 1.14 bits per heavy atom. The number of rotatable bonds is 3. The van der Waals surface area contributed by atoms with Crippen molar-refractivity contribution in [1.29, 1.82) is 0 Å². The Bertz CT molecular complexity index is 464. The maximum absolute atomic E-state index is 6.15. The minimum absolute atomic E-state index is 0.441. The Morgan fingerprint density at radius 2 is 1.81 bits per heavy atom. The minimum Gasteiger partial charge on any atom is -0.329 e. The monoisotopic (exact) mass is 306 g/mol. The zero-order chi connectivity index (χ0) is 14.9. The van der Waals surface area contributed by atoms with E-state index in [0.29, 0.717) is 11.5 Å². The van der Waals surface area contributed by atoms with Gasteiger partial charge in [-0.15, -0.1) is 11.3 Å². The second-order valence-corrected chi connectivity index (χ2v) is 8.68. The fraction of sp³-hybridized carbons (Fsp3) is 0.778. The predicted molar refractivity (Wildman–Crippen MR) is 91.9 cm³/mol. The van der Waals surface area contributed by atoms with Gasteiger partial charge in [0, 0.05) is 22.3 Å². The van der Waals surface area contributed by atoms with Gasteiger partial charge >= 0.3 is 0 Å². The first-order chi connectivity index (χ1) is 10.1. The second-order valence-electron chi connectivity index (χ2n) is 7.22. The van der Waals surface area contributed by atoms with Gasteiger partial charge in [-0.3, -0.25) is 4.90 Å². The highest BCUT2D eigenvalue weighted by molar-refractivity contribution is 7.12. The van der Waals surface area contributed by atoms with Gasteiger partial charge in [0.15, 0.2) is 0 Å². The molecular formula is C18H30N2S. The van der Waals surface area contributed by atoms with Gasteiger partial charge in [-0.1, -0.05) is 19.3 Å². The summed E-state index contributed by atoms with van der Waals surface area (Å²) in [4.78, 5) is 5.54. The number of nitrogens with two attached hydrogens (primary N) is 1. The summed E-state index contributed by atoms with van der Waals surface area (Å²) in [6.45, 7) is 7.71. The molecule has 2 N–H and O–H groups in total. The van der Waals surface area contributed by atoms with Crippen LogP contribution in [0.3, 0.4) is 0 Å². The first-order valence-electron chi connectivity index (χ1n) is 8.65. The Balaban J connectivity index is 1.68. The average molecular weight is 307 g/mol. The Kier molecular flexibility index (Phi) is 4.72. The van der Waals surface area contributed by atoms with Crippen molar-refractivity contribution in [3.63, 3.8) is 0 Å². The van der Waals surface area contributed by atoms with Crippen LogP contribution in [0.2, 0.25) is 0 Å². The molecule has 21 heavy (non-hydrogen) atoms. The lowest BCUT2D eigenvalue weighted by Crippen LogP contribution is -2.44. The predicted octanol–water partition coefficient (Wildman–Crippen LogP) is 4.41. The molecule has 118 valence electrons. The quantitative estimate of drug-likeness (QED) is 0.896. The van der Waals surface area contributed by atoms with Gasteiger partial charge in [-0.05, 0) is 69.7 Å². The van der Waals surface area contributed by atoms with Crippen LogP contribution in [0.15, 0.2) is 6.07 Å². The van der Waals surface area contributed by atoms with Gasteiger partial charge in [0.05, 0.1) is 0 Å². The van der Waals surface area contributed by atoms with E-state index in [2.05, 4.69) is 24.8 Å². The first-order valence-corrected chi connectivity index (χ1v) is 9.46. The van der Waals surface area contributed by atoms with Gasteiger partial charge < -0.3 is 5.73 Å². The summed E-state index contributed by atoms with van der Waals surface area (Å²) in [5.41, 5.74) is 8.32. The smallest absolute Gasteiger partial charge is 0.0481 e. The van der Waals surface area contributed by atoms with Crippen molar-refractivity contribution >= 4 is 11.3 Å². The van der Waals surface area contributed by atoms with Crippen molar-refractivity contribution in [1.82, 2.24) is 4.90 Å². The molecule has 1 unspecified atom stereocenters. The topological polar surface area (TPSA) is 29.3 Å². The van der Waals surface area contributed by atoms with Crippen LogP contribution in [0.1, 0.15) is 66.3 Å². The molecule has 2 heterocycles. The number of likely N-dealkylation sites (tertiary alicyclic amines) is 1. The van der Waals surface area contributed by atoms with Crippen molar-refractivity contribution in [2.45, 2.75) is 64.8 Å². The molecule has 1 aliphatic carbocycles. The van der Waals surface area contributed by atoms with Gasteiger partial charge in [-0.25, -0.2) is 0 Å². The molecule has 3 rings (SSSR count). The van der Waals surface area contributed by atoms with E-state index < -0.39 is 0 Å². The Morgan fingerprint density at radius 3 is 2.33 bits per heavy atom. The van der Waals surface area contributed by atoms with Crippen molar-refractivity contribution in [2.75, 3.05) is 19.6 Å². The standard InChI is InChI=1S/C18H30N2S/c1-14-12-16(15(2)21-14)17(13-19)20-10-8-18(9-11-20)6-4-3-5-7-18/h12,17H,3-11,13,19H2,1-2H3. The van der Waals surface area contributed by atoms with Gasteiger partial charge in [0.2, 0.25) is 0 Å². The molecule has 2 aliphatic rings. The summed E-state index contributed by atoms with van der Waals surface area (Å²) in [7, 11) is 0. The zero-order valence-corrected chi connectivity index (χ0v) is 14.5. The fourth-order valence-corrected chi connectivity index (χ4v) is 5.55. The maximum Gasteiger partial charge on any atom is 0.0481 e. The van der Waals surface area contributed by atoms with Gasteiger partial charge in [-0.2, -0.15) is 0 Å². The molecule has 3 heteroatoms. The second kappa shape index (κ2) is 6.39. The lowest BCUT2D eigenvalue weighted by molar-refractivity contribution is 0.0464. The van der Waals surface area contributed by atoms with E-state index in [9.17, 15) is 0 Å². The summed E-state index contributed by atoms with van der Waals surface area (Å²) < 4.78 is 0. The summed E-state index contributed by atoms with van der Waals surface area (Å²) in [6, 6.07) is 2.80. The lowest BCUT2D eigenvalue weighted by Gasteiger charge is -2.46. The molecule has 2 nitrogen and oxygen atoms in total. The van der Waals surface area contributed by atoms with Crippen LogP contribution in [0.25, 0.3) is 0 Å². The summed E-state index contributed by atoms with van der Waals surface area (Å²) in [5.74, 6) is 0. The largest absolute Gasteiger partial charge is 0.329 e. The number of thiophene rings is 1. The molecule has 1 saturated heterocycles. The van der Waals surface area contributed by atoms with Crippen LogP contribution < -0.4 is 5.73 Å². The van der Waals surface area contributed by atoms with E-state index in [4.69, 9.17) is 5.73 Å². The van der Waals surface area contributed by atoms with Gasteiger partial charge in [0.25, 0.3) is 0 Å². The molecule has 1 atom stereocenters. The summed E-state index contributed by atoms with van der Waals surface area (Å²) >= 11 is 1.92. The van der Waals surface area contributed by atoms with E-state index >= 15 is 0 Å². The molecule has 0 aromatic carbocycles. The van der Waals surface area contributed by atoms with Crippen LogP contribution in [0, 0.1) is 19.3 Å². The molecule has 1 aliphatic heterocycles. The van der Waals surface area contributed by atoms with E-state index in [1.54, 1.807) is 0 Å². The van der Waals surface area contributed by atoms with Crippen LogP contribution in [-0.4, -0.2) is 24.5 Å². The number of aryl methyl sites for hydroxylation is 2. The van der Waals surface area contributed by atoms with Crippen molar-refractivity contribution < 1.29 is 0 Å². The number of hydrogen-bond donors (Lipinski definition) is 1. The van der Waals surface area contributed by atoms with Crippen LogP contribution in [0.4, 0.5) is 0 Å². The van der Waals surface area contributed by atoms with E-state index in [-0.39, 0.29) is 0 Å². The maximum atomic E-state index is 6.15. The molecule has 1 saturated carbocycles. The molecule has 1 aromatic heterocycles. The minimum atomic E-state index is 0.441. The molecule has 0 radical (unpaired) electrons. The molecule has 0 amide bonds. The van der Waals surface area contributed by atoms with E-state index in [1.807, 2.05) is 11.3 Å². The Hall–Kier alpha value is -0.380. The molecule has 2 fully saturated rings. The molecular weight excluding hydrogens is 276 g/mol. The zero-order valence-electron chi connectivity index (χ0n) is 13.7. The van der Waals surface area contributed by atoms with Crippen LogP contribution >= 0.6 is 11.3 Å². The normalized spacial score (nSPS) is 24.3. The highest BCUT2D eigenvalue weighted by Gasteiger charge is 2.37. The molecule has 0 bridgehead atoms. The fourth-order valence-electron chi connectivity index (χ4n) is 4.57. The number of nitrogens with zero attached hydrogens (tertiary/aromatic N) is 1. The average Bonchev–Trinajstić information content (AvgIpc) is 2.82. The van der Waals surface area contributed by atoms with Crippen LogP contribution in [0.5, 0.6) is 0 Å². The Labute approximate surface area is 133 Å². The van der Waals surface area contributed by atoms with Crippen molar-refractivity contribution in [3.05, 3.63) is 21.4 Å². The number of hydrogen-bond acceptors (Lipinski definition) is 3. The third kappa shape index (κ3) is 3.20. The third-order valence-electron chi connectivity index (χ3n) is 5.88. The van der Waals surface area contributed by atoms with E-state index in [0.717, 1.165) is 6.54 Å². The summed E-state index contributed by atoms with van der Waals surface area (Å²) in [6.07, 6.45) is 10.1.